The van der Waals surface area contributed by atoms with E-state index in [2.05, 4.69) is 26.8 Å². The van der Waals surface area contributed by atoms with Crippen LogP contribution in [0.3, 0.4) is 0 Å². The summed E-state index contributed by atoms with van der Waals surface area (Å²) < 4.78 is 51.4. The molecule has 1 saturated carbocycles. The second-order valence-corrected chi connectivity index (χ2v) is 7.66. The highest BCUT2D eigenvalue weighted by Crippen LogP contribution is 2.40. The van der Waals surface area contributed by atoms with Crippen molar-refractivity contribution in [1.29, 1.82) is 0 Å². The number of alkyl halides is 3. The third kappa shape index (κ3) is 6.94. The molecule has 1 atom stereocenters. The summed E-state index contributed by atoms with van der Waals surface area (Å²) in [7, 11) is 0. The highest BCUT2D eigenvalue weighted by atomic mass is 35.5. The smallest absolute Gasteiger partial charge is 0.478 e. The maximum absolute atomic E-state index is 12.3. The van der Waals surface area contributed by atoms with Crippen molar-refractivity contribution in [1.82, 2.24) is 15.5 Å². The lowest BCUT2D eigenvalue weighted by Crippen LogP contribution is -2.40. The quantitative estimate of drug-likeness (QED) is 0.541. The molecule has 0 radical (unpaired) electrons. The molecule has 174 valence electrons. The number of benzene rings is 1. The Morgan fingerprint density at radius 2 is 2.00 bits per heavy atom. The van der Waals surface area contributed by atoms with Gasteiger partial charge >= 0.3 is 6.36 Å². The summed E-state index contributed by atoms with van der Waals surface area (Å²) in [6.07, 6.45) is -5.86. The van der Waals surface area contributed by atoms with Gasteiger partial charge < -0.3 is 19.6 Å². The molecule has 1 heterocycles. The zero-order valence-corrected chi connectivity index (χ0v) is 17.5. The molecule has 1 fully saturated rings. The number of carbonyl (C=O) groups excluding carboxylic acids is 1. The lowest BCUT2D eigenvalue weighted by atomic mass is 9.82. The molecule has 0 bridgehead atoms. The molecule has 0 aliphatic heterocycles. The number of hydrogen-bond donors (Lipinski definition) is 2. The van der Waals surface area contributed by atoms with E-state index in [0.29, 0.717) is 16.5 Å². The molecule has 1 aliphatic rings. The van der Waals surface area contributed by atoms with Gasteiger partial charge in [-0.15, -0.1) is 23.4 Å². The molecular formula is C20H21ClF3N3O5. The van der Waals surface area contributed by atoms with Crippen LogP contribution in [0.4, 0.5) is 13.2 Å². The minimum atomic E-state index is -4.66. The predicted octanol–water partition coefficient (Wildman–Crippen LogP) is 3.51. The number of rotatable bonds is 10. The van der Waals surface area contributed by atoms with Crippen LogP contribution < -0.4 is 10.1 Å². The number of allylic oxidation sites excluding steroid dienone is 1. The highest BCUT2D eigenvalue weighted by Gasteiger charge is 2.42. The number of hydrogen-bond acceptors (Lipinski definition) is 7. The molecule has 2 aromatic rings. The Labute approximate surface area is 186 Å². The number of halogens is 4. The van der Waals surface area contributed by atoms with Crippen molar-refractivity contribution in [2.24, 2.45) is 0 Å². The topological polar surface area (TPSA) is 107 Å². The number of aliphatic hydroxyl groups excluding tert-OH is 1. The maximum atomic E-state index is 12.3. The molecule has 0 spiro atoms. The summed E-state index contributed by atoms with van der Waals surface area (Å²) >= 11 is 5.80. The number of carbonyl (C=O) groups is 1. The van der Waals surface area contributed by atoms with Crippen molar-refractivity contribution in [3.8, 4) is 5.75 Å². The number of aromatic nitrogens is 2. The van der Waals surface area contributed by atoms with Crippen molar-refractivity contribution in [2.45, 2.75) is 50.2 Å². The Morgan fingerprint density at radius 1 is 1.31 bits per heavy atom. The number of amides is 1. The first-order valence-corrected chi connectivity index (χ1v) is 10.1. The third-order valence-electron chi connectivity index (χ3n) is 4.72. The van der Waals surface area contributed by atoms with Crippen molar-refractivity contribution >= 4 is 17.5 Å². The first-order valence-electron chi connectivity index (χ1n) is 9.71. The second kappa shape index (κ2) is 10.3. The van der Waals surface area contributed by atoms with E-state index in [0.717, 1.165) is 0 Å². The van der Waals surface area contributed by atoms with E-state index < -0.39 is 31.1 Å². The number of nitrogens with one attached hydrogen (secondary N) is 1. The Balaban J connectivity index is 1.42. The lowest BCUT2D eigenvalue weighted by molar-refractivity contribution is -0.352. The summed E-state index contributed by atoms with van der Waals surface area (Å²) in [5.74, 6) is 0.0391. The van der Waals surface area contributed by atoms with E-state index in [4.69, 9.17) is 20.8 Å². The second-order valence-electron chi connectivity index (χ2n) is 7.22. The molecule has 1 aromatic heterocycles. The Kier molecular flexibility index (Phi) is 7.75. The van der Waals surface area contributed by atoms with Crippen LogP contribution in [0.15, 0.2) is 41.0 Å². The van der Waals surface area contributed by atoms with Crippen LogP contribution >= 0.6 is 11.6 Å². The number of aliphatic hydroxyl groups is 1. The average molecular weight is 476 g/mol. The standard InChI is InChI=1S/C20H21ClF3N3O5/c1-11(25-18(29)16(10-28)30-14-5-3-13(21)4-6-14)2-7-17-26-27-19(31-17)12-8-15(9-12)32-20(22,23)24/h3-6,12,15-16,28H,1-2,7-10H2,(H,25,29)/t12?,15?,16-/m0/s1. The van der Waals surface area contributed by atoms with E-state index in [-0.39, 0.29) is 43.4 Å². The largest absolute Gasteiger partial charge is 0.522 e. The average Bonchev–Trinajstić information content (AvgIpc) is 3.16. The van der Waals surface area contributed by atoms with Crippen LogP contribution in [0.5, 0.6) is 5.75 Å². The summed E-state index contributed by atoms with van der Waals surface area (Å²) in [5, 5.41) is 20.3. The van der Waals surface area contributed by atoms with Gasteiger partial charge in [0, 0.05) is 23.1 Å². The van der Waals surface area contributed by atoms with E-state index >= 15 is 0 Å². The van der Waals surface area contributed by atoms with Gasteiger partial charge in [0.25, 0.3) is 5.91 Å². The molecule has 1 aliphatic carbocycles. The Morgan fingerprint density at radius 3 is 2.62 bits per heavy atom. The fraction of sp³-hybridized carbons (Fsp3) is 0.450. The molecule has 0 unspecified atom stereocenters. The first-order chi connectivity index (χ1) is 15.1. The maximum Gasteiger partial charge on any atom is 0.522 e. The van der Waals surface area contributed by atoms with Crippen molar-refractivity contribution in [3.05, 3.63) is 53.3 Å². The summed E-state index contributed by atoms with van der Waals surface area (Å²) in [4.78, 5) is 12.3. The van der Waals surface area contributed by atoms with Gasteiger partial charge in [0.15, 0.2) is 6.10 Å². The summed E-state index contributed by atoms with van der Waals surface area (Å²) in [6.45, 7) is 3.21. The van der Waals surface area contributed by atoms with Gasteiger partial charge in [-0.2, -0.15) is 0 Å². The minimum Gasteiger partial charge on any atom is -0.478 e. The normalized spacial score (nSPS) is 19.2. The molecular weight excluding hydrogens is 455 g/mol. The Bertz CT molecular complexity index is 929. The molecule has 3 rings (SSSR count). The minimum absolute atomic E-state index is 0.153. The molecule has 2 N–H and O–H groups in total. The number of nitrogens with zero attached hydrogens (tertiary/aromatic N) is 2. The molecule has 0 saturated heterocycles. The van der Waals surface area contributed by atoms with Crippen molar-refractivity contribution in [2.75, 3.05) is 6.61 Å². The van der Waals surface area contributed by atoms with Crippen LogP contribution in [-0.2, 0) is 16.0 Å². The predicted molar refractivity (Wildman–Crippen MR) is 106 cm³/mol. The fourth-order valence-corrected chi connectivity index (χ4v) is 3.14. The van der Waals surface area contributed by atoms with Crippen LogP contribution in [0.25, 0.3) is 0 Å². The lowest BCUT2D eigenvalue weighted by Gasteiger charge is -2.32. The molecule has 32 heavy (non-hydrogen) atoms. The molecule has 1 aromatic carbocycles. The molecule has 12 heteroatoms. The van der Waals surface area contributed by atoms with Gasteiger partial charge in [-0.25, -0.2) is 0 Å². The van der Waals surface area contributed by atoms with Crippen molar-refractivity contribution < 1.29 is 37.0 Å². The van der Waals surface area contributed by atoms with Crippen LogP contribution in [0.1, 0.15) is 37.0 Å². The van der Waals surface area contributed by atoms with Crippen LogP contribution in [0.2, 0.25) is 5.02 Å². The fourth-order valence-electron chi connectivity index (χ4n) is 3.01. The van der Waals surface area contributed by atoms with E-state index in [1.165, 1.54) is 0 Å². The molecule has 1 amide bonds. The van der Waals surface area contributed by atoms with E-state index in [1.54, 1.807) is 24.3 Å². The summed E-state index contributed by atoms with van der Waals surface area (Å²) in [6, 6.07) is 6.32. The third-order valence-corrected chi connectivity index (χ3v) is 4.97. The van der Waals surface area contributed by atoms with Gasteiger partial charge in [0.2, 0.25) is 11.8 Å². The van der Waals surface area contributed by atoms with Gasteiger partial charge in [-0.1, -0.05) is 18.2 Å². The van der Waals surface area contributed by atoms with Gasteiger partial charge in [-0.3, -0.25) is 9.53 Å². The first kappa shape index (κ1) is 24.0. The van der Waals surface area contributed by atoms with Crippen molar-refractivity contribution in [3.63, 3.8) is 0 Å². The van der Waals surface area contributed by atoms with Gasteiger partial charge in [0.1, 0.15) is 5.75 Å². The zero-order valence-electron chi connectivity index (χ0n) is 16.8. The number of aryl methyl sites for hydroxylation is 1. The van der Waals surface area contributed by atoms with Gasteiger partial charge in [-0.05, 0) is 43.5 Å². The van der Waals surface area contributed by atoms with E-state index in [1.807, 2.05) is 0 Å². The SMILES string of the molecule is C=C(CCc1nnc(C2CC(OC(F)(F)F)C2)o1)NC(=O)[C@H](CO)Oc1ccc(Cl)cc1. The molecule has 8 nitrogen and oxygen atoms in total. The van der Waals surface area contributed by atoms with Gasteiger partial charge in [0.05, 0.1) is 12.7 Å². The monoisotopic (exact) mass is 475 g/mol. The Hall–Kier alpha value is -2.63. The zero-order chi connectivity index (χ0) is 23.3. The number of ether oxygens (including phenoxy) is 2. The van der Waals surface area contributed by atoms with Crippen LogP contribution in [0, 0.1) is 0 Å². The van der Waals surface area contributed by atoms with E-state index in [9.17, 15) is 23.1 Å². The summed E-state index contributed by atoms with van der Waals surface area (Å²) in [5.41, 5.74) is 0.343. The highest BCUT2D eigenvalue weighted by molar-refractivity contribution is 6.30. The van der Waals surface area contributed by atoms with Crippen LogP contribution in [-0.4, -0.2) is 46.4 Å².